The summed E-state index contributed by atoms with van der Waals surface area (Å²) in [6.45, 7) is 19.0. The molecule has 0 spiro atoms. The van der Waals surface area contributed by atoms with E-state index < -0.39 is 5.41 Å². The summed E-state index contributed by atoms with van der Waals surface area (Å²) >= 11 is 0. The molecule has 0 unspecified atom stereocenters. The first-order chi connectivity index (χ1) is 16.1. The first-order valence-electron chi connectivity index (χ1n) is 14.5. The lowest BCUT2D eigenvalue weighted by molar-refractivity contribution is -0.193. The molecule has 0 heterocycles. The van der Waals surface area contributed by atoms with Crippen LogP contribution in [0.4, 0.5) is 0 Å². The Morgan fingerprint density at radius 1 is 0.943 bits per heavy atom. The van der Waals surface area contributed by atoms with Crippen LogP contribution in [0.3, 0.4) is 0 Å². The monoisotopic (exact) mass is 482 g/mol. The molecule has 8 atom stereocenters. The van der Waals surface area contributed by atoms with Crippen molar-refractivity contribution in [2.24, 2.45) is 56.2 Å². The molecule has 3 nitrogen and oxygen atoms in total. The third kappa shape index (κ3) is 3.12. The number of allylic oxidation sites excluding steroid dienone is 2. The highest BCUT2D eigenvalue weighted by atomic mass is 16.3. The van der Waals surface area contributed by atoms with Crippen molar-refractivity contribution in [3.8, 4) is 0 Å². The van der Waals surface area contributed by atoms with E-state index in [2.05, 4.69) is 61.5 Å². The summed E-state index contributed by atoms with van der Waals surface area (Å²) in [5, 5.41) is 10.00. The number of carbonyl (C=O) groups is 2. The van der Waals surface area contributed by atoms with Gasteiger partial charge >= 0.3 is 0 Å². The van der Waals surface area contributed by atoms with Crippen LogP contribution < -0.4 is 0 Å². The molecule has 0 aromatic carbocycles. The summed E-state index contributed by atoms with van der Waals surface area (Å²) in [4.78, 5) is 27.7. The zero-order chi connectivity index (χ0) is 25.8. The van der Waals surface area contributed by atoms with Crippen LogP contribution in [-0.4, -0.2) is 23.3 Å². The second-order valence-electron chi connectivity index (χ2n) is 15.7. The van der Waals surface area contributed by atoms with Gasteiger partial charge in [-0.05, 0) is 109 Å². The molecule has 0 aromatic heterocycles. The number of rotatable bonds is 2. The summed E-state index contributed by atoms with van der Waals surface area (Å²) in [6, 6.07) is 0. The fraction of sp³-hybridized carbons (Fsp3) is 0.875. The molecular weight excluding hydrogens is 432 g/mol. The van der Waals surface area contributed by atoms with E-state index in [1.54, 1.807) is 0 Å². The van der Waals surface area contributed by atoms with Crippen molar-refractivity contribution in [3.63, 3.8) is 0 Å². The molecule has 0 bridgehead atoms. The van der Waals surface area contributed by atoms with Gasteiger partial charge < -0.3 is 5.11 Å². The molecule has 4 fully saturated rings. The maximum Gasteiger partial charge on any atom is 0.164 e. The Balaban J connectivity index is 1.65. The van der Waals surface area contributed by atoms with Crippen molar-refractivity contribution in [2.45, 2.75) is 113 Å². The first kappa shape index (κ1) is 25.7. The SMILES string of the molecule is C[C@H]1CC[C@]2(C)[C@H]3C(=O)C=C4[C@@H]5CC(C)(C)CC[C@]5(C(=O)CO)CC[C@@]4(C)[C@]3(C)CC[C@H]2C1(C)C. The van der Waals surface area contributed by atoms with Gasteiger partial charge in [0.2, 0.25) is 0 Å². The Bertz CT molecular complexity index is 973. The highest BCUT2D eigenvalue weighted by Crippen LogP contribution is 2.75. The quantitative estimate of drug-likeness (QED) is 0.454. The molecule has 5 aliphatic carbocycles. The minimum atomic E-state index is -0.484. The lowest BCUT2D eigenvalue weighted by atomic mass is 9.33. The van der Waals surface area contributed by atoms with Crippen molar-refractivity contribution in [3.05, 3.63) is 11.6 Å². The second kappa shape index (κ2) is 7.55. The third-order valence-corrected chi connectivity index (χ3v) is 13.6. The zero-order valence-corrected chi connectivity index (χ0v) is 23.7. The Hall–Kier alpha value is -0.960. The van der Waals surface area contributed by atoms with Crippen LogP contribution in [0.25, 0.3) is 0 Å². The predicted octanol–water partition coefficient (Wildman–Crippen LogP) is 7.16. The van der Waals surface area contributed by atoms with E-state index in [1.807, 2.05) is 0 Å². The number of carbonyl (C=O) groups excluding carboxylic acids is 2. The molecular formula is C32H50O3. The number of aliphatic hydroxyl groups is 1. The normalized spacial score (nSPS) is 50.2. The molecule has 0 saturated heterocycles. The van der Waals surface area contributed by atoms with Gasteiger partial charge in [-0.3, -0.25) is 9.59 Å². The molecule has 5 rings (SSSR count). The van der Waals surface area contributed by atoms with E-state index in [0.717, 1.165) is 44.9 Å². The van der Waals surface area contributed by atoms with E-state index >= 15 is 0 Å². The van der Waals surface area contributed by atoms with Crippen LogP contribution in [-0.2, 0) is 9.59 Å². The van der Waals surface area contributed by atoms with E-state index in [1.165, 1.54) is 18.4 Å². The lowest BCUT2D eigenvalue weighted by Gasteiger charge is -2.70. The number of hydrogen-bond acceptors (Lipinski definition) is 3. The maximum atomic E-state index is 14.4. The highest BCUT2D eigenvalue weighted by Gasteiger charge is 2.70. The molecule has 0 radical (unpaired) electrons. The molecule has 5 aliphatic rings. The van der Waals surface area contributed by atoms with Crippen molar-refractivity contribution in [1.82, 2.24) is 0 Å². The fourth-order valence-electron chi connectivity index (χ4n) is 10.9. The predicted molar refractivity (Wildman–Crippen MR) is 141 cm³/mol. The number of ketones is 2. The summed E-state index contributed by atoms with van der Waals surface area (Å²) < 4.78 is 0. The zero-order valence-electron chi connectivity index (χ0n) is 23.7. The number of aliphatic hydroxyl groups excluding tert-OH is 1. The molecule has 4 saturated carbocycles. The van der Waals surface area contributed by atoms with E-state index in [4.69, 9.17) is 0 Å². The standard InChI is InChI=1S/C32H50O3/c1-20-9-11-29(6)24(28(20,4)5)10-12-31(8)26(29)23(34)17-21-22-18-27(2,3)13-15-32(22,25(35)19-33)16-14-30(21,31)7/h17,20,22,24,26,33H,9-16,18-19H2,1-8H3/t20-,22-,24-,26+,29-,30+,31+,32-/m0/s1. The van der Waals surface area contributed by atoms with Gasteiger partial charge in [0.15, 0.2) is 11.6 Å². The van der Waals surface area contributed by atoms with Crippen LogP contribution in [0, 0.1) is 56.2 Å². The summed E-state index contributed by atoms with van der Waals surface area (Å²) in [5.41, 5.74) is 1.08. The van der Waals surface area contributed by atoms with Gasteiger partial charge in [0.05, 0.1) is 0 Å². The summed E-state index contributed by atoms with van der Waals surface area (Å²) in [6.07, 6.45) is 11.3. The Morgan fingerprint density at radius 2 is 1.60 bits per heavy atom. The van der Waals surface area contributed by atoms with E-state index in [9.17, 15) is 14.7 Å². The first-order valence-corrected chi connectivity index (χ1v) is 14.5. The molecule has 0 amide bonds. The third-order valence-electron chi connectivity index (χ3n) is 13.6. The summed E-state index contributed by atoms with van der Waals surface area (Å²) in [5.74, 6) is 1.76. The van der Waals surface area contributed by atoms with Gasteiger partial charge in [-0.25, -0.2) is 0 Å². The highest BCUT2D eigenvalue weighted by molar-refractivity contribution is 5.96. The number of hydrogen-bond donors (Lipinski definition) is 1. The molecule has 0 aromatic rings. The minimum Gasteiger partial charge on any atom is -0.389 e. The Kier molecular flexibility index (Phi) is 5.54. The molecule has 0 aliphatic heterocycles. The smallest absolute Gasteiger partial charge is 0.164 e. The van der Waals surface area contributed by atoms with Gasteiger partial charge in [-0.15, -0.1) is 0 Å². The van der Waals surface area contributed by atoms with Crippen molar-refractivity contribution < 1.29 is 14.7 Å². The van der Waals surface area contributed by atoms with Crippen molar-refractivity contribution >= 4 is 11.6 Å². The maximum absolute atomic E-state index is 14.4. The van der Waals surface area contributed by atoms with E-state index in [-0.39, 0.29) is 51.3 Å². The largest absolute Gasteiger partial charge is 0.389 e. The summed E-state index contributed by atoms with van der Waals surface area (Å²) in [7, 11) is 0. The topological polar surface area (TPSA) is 54.4 Å². The van der Waals surface area contributed by atoms with Gasteiger partial charge in [-0.2, -0.15) is 0 Å². The van der Waals surface area contributed by atoms with Crippen LogP contribution in [0.5, 0.6) is 0 Å². The second-order valence-corrected chi connectivity index (χ2v) is 15.7. The molecule has 196 valence electrons. The van der Waals surface area contributed by atoms with Crippen molar-refractivity contribution in [2.75, 3.05) is 6.61 Å². The van der Waals surface area contributed by atoms with Crippen molar-refractivity contribution in [1.29, 1.82) is 0 Å². The van der Waals surface area contributed by atoms with Crippen LogP contribution in [0.2, 0.25) is 0 Å². The fourth-order valence-corrected chi connectivity index (χ4v) is 10.9. The molecule has 35 heavy (non-hydrogen) atoms. The average Bonchev–Trinajstić information content (AvgIpc) is 2.77. The molecule has 3 heteroatoms. The van der Waals surface area contributed by atoms with Crippen LogP contribution >= 0.6 is 0 Å². The van der Waals surface area contributed by atoms with Gasteiger partial charge in [0.25, 0.3) is 0 Å². The lowest BCUT2D eigenvalue weighted by Crippen LogP contribution is -2.66. The number of fused-ring (bicyclic) bond motifs is 7. The number of Topliss-reactive ketones (excluding diaryl/α,β-unsaturated/α-hetero) is 1. The molecule has 1 N–H and O–H groups in total. The van der Waals surface area contributed by atoms with Gasteiger partial charge in [-0.1, -0.05) is 61.0 Å². The van der Waals surface area contributed by atoms with Crippen LogP contribution in [0.15, 0.2) is 11.6 Å². The Morgan fingerprint density at radius 3 is 2.26 bits per heavy atom. The van der Waals surface area contributed by atoms with Gasteiger partial charge in [0.1, 0.15) is 6.61 Å². The Labute approximate surface area is 213 Å². The van der Waals surface area contributed by atoms with Gasteiger partial charge in [0, 0.05) is 11.3 Å². The van der Waals surface area contributed by atoms with Crippen LogP contribution in [0.1, 0.15) is 113 Å². The van der Waals surface area contributed by atoms with E-state index in [0.29, 0.717) is 17.6 Å². The average molecular weight is 483 g/mol. The minimum absolute atomic E-state index is 0.0133.